The summed E-state index contributed by atoms with van der Waals surface area (Å²) in [6.07, 6.45) is 17.0. The number of sulfonamides is 1. The van der Waals surface area contributed by atoms with E-state index in [-0.39, 0.29) is 24.2 Å². The fraction of sp³-hybridized carbons (Fsp3) is 0.593. The van der Waals surface area contributed by atoms with E-state index in [0.717, 1.165) is 50.7 Å². The maximum absolute atomic E-state index is 12.0. The van der Waals surface area contributed by atoms with Crippen molar-refractivity contribution < 1.29 is 13.2 Å². The highest BCUT2D eigenvalue weighted by Gasteiger charge is 2.35. The third kappa shape index (κ3) is 5.85. The van der Waals surface area contributed by atoms with Gasteiger partial charge in [0.15, 0.2) is 0 Å². The van der Waals surface area contributed by atoms with E-state index in [1.807, 2.05) is 19.5 Å². The van der Waals surface area contributed by atoms with Crippen molar-refractivity contribution >= 4 is 21.1 Å². The molecule has 1 N–H and O–H groups in total. The van der Waals surface area contributed by atoms with Gasteiger partial charge in [0.05, 0.1) is 36.3 Å². The van der Waals surface area contributed by atoms with Crippen molar-refractivity contribution in [2.24, 2.45) is 13.0 Å². The molecule has 2 fully saturated rings. The number of hydrogen-bond acceptors (Lipinski definition) is 6. The highest BCUT2D eigenvalue weighted by atomic mass is 32.2. The average Bonchev–Trinajstić information content (AvgIpc) is 3.23. The second kappa shape index (κ2) is 10.7. The predicted molar refractivity (Wildman–Crippen MR) is 143 cm³/mol. The van der Waals surface area contributed by atoms with Gasteiger partial charge >= 0.3 is 0 Å². The molecule has 1 aromatic carbocycles. The van der Waals surface area contributed by atoms with Crippen molar-refractivity contribution in [3.63, 3.8) is 0 Å². The molecule has 3 atom stereocenters. The number of aryl methyl sites for hydroxylation is 1. The number of nitrogens with zero attached hydrogens (tertiary/aromatic N) is 4. The lowest BCUT2D eigenvalue weighted by Gasteiger charge is -2.44. The van der Waals surface area contributed by atoms with E-state index in [1.54, 1.807) is 0 Å². The third-order valence-corrected chi connectivity index (χ3v) is 8.81. The van der Waals surface area contributed by atoms with Crippen LogP contribution >= 0.6 is 0 Å². The number of hydrogen-bond donors (Lipinski definition) is 1. The highest BCUT2D eigenvalue weighted by Crippen LogP contribution is 2.35. The number of likely N-dealkylation sites (N-methyl/N-ethyl adjacent to an activating group) is 1. The van der Waals surface area contributed by atoms with E-state index >= 15 is 0 Å². The number of piperidine rings is 1. The highest BCUT2D eigenvalue weighted by molar-refractivity contribution is 7.88. The molecule has 2 aromatic rings. The molecular weight excluding hydrogens is 474 g/mol. The van der Waals surface area contributed by atoms with Crippen molar-refractivity contribution in [2.45, 2.75) is 56.3 Å². The largest absolute Gasteiger partial charge is 0.378 e. The van der Waals surface area contributed by atoms with Crippen LogP contribution in [0.4, 0.5) is 0 Å². The van der Waals surface area contributed by atoms with E-state index in [0.29, 0.717) is 12.5 Å². The van der Waals surface area contributed by atoms with Crippen molar-refractivity contribution in [3.8, 4) is 0 Å². The molecule has 0 spiro atoms. The summed E-state index contributed by atoms with van der Waals surface area (Å²) in [5.74, 6) is 0.668. The third-order valence-electron chi connectivity index (χ3n) is 8.08. The monoisotopic (exact) mass is 513 g/mol. The number of fused-ring (bicyclic) bond motifs is 1. The first-order valence-corrected chi connectivity index (χ1v) is 15.0. The van der Waals surface area contributed by atoms with Crippen LogP contribution in [0.15, 0.2) is 49.0 Å². The number of benzene rings is 1. The number of likely N-dealkylation sites (tertiary alicyclic amines) is 1. The molecule has 36 heavy (non-hydrogen) atoms. The molecule has 3 unspecified atom stereocenters. The average molecular weight is 514 g/mol. The van der Waals surface area contributed by atoms with Gasteiger partial charge in [-0.2, -0.15) is 0 Å². The predicted octanol–water partition coefficient (Wildman–Crippen LogP) is 3.20. The van der Waals surface area contributed by atoms with Crippen molar-refractivity contribution in [1.29, 1.82) is 0 Å². The lowest BCUT2D eigenvalue weighted by atomic mass is 9.82. The van der Waals surface area contributed by atoms with Gasteiger partial charge in [0.25, 0.3) is 0 Å². The number of nitrogens with one attached hydrogen (secondary N) is 1. The maximum Gasteiger partial charge on any atom is 0.208 e. The van der Waals surface area contributed by atoms with E-state index < -0.39 is 10.0 Å². The normalized spacial score (nSPS) is 29.8. The van der Waals surface area contributed by atoms with Gasteiger partial charge in [0, 0.05) is 45.3 Å². The number of imidazole rings is 1. The fourth-order valence-corrected chi connectivity index (χ4v) is 6.93. The van der Waals surface area contributed by atoms with Crippen LogP contribution < -0.4 is 4.72 Å². The Hall–Kier alpha value is -2.20. The topological polar surface area (TPSA) is 79.7 Å². The summed E-state index contributed by atoms with van der Waals surface area (Å²) < 4.78 is 35.5. The summed E-state index contributed by atoms with van der Waals surface area (Å²) in [4.78, 5) is 9.07. The summed E-state index contributed by atoms with van der Waals surface area (Å²) in [5.41, 5.74) is 3.62. The fourth-order valence-electron chi connectivity index (χ4n) is 6.07. The summed E-state index contributed by atoms with van der Waals surface area (Å²) >= 11 is 0. The zero-order chi connectivity index (χ0) is 25.3. The first-order valence-electron chi connectivity index (χ1n) is 13.1. The van der Waals surface area contributed by atoms with Gasteiger partial charge in [-0.1, -0.05) is 12.1 Å². The lowest BCUT2D eigenvalue weighted by Crippen LogP contribution is -2.56. The van der Waals surface area contributed by atoms with Crippen LogP contribution in [0.5, 0.6) is 0 Å². The van der Waals surface area contributed by atoms with Gasteiger partial charge < -0.3 is 14.2 Å². The lowest BCUT2D eigenvalue weighted by molar-refractivity contribution is -0.0271. The molecule has 1 aromatic heterocycles. The molecule has 5 rings (SSSR count). The van der Waals surface area contributed by atoms with Gasteiger partial charge in [-0.3, -0.25) is 4.90 Å². The quantitative estimate of drug-likeness (QED) is 0.613. The SMILES string of the molecule is CN1C=CC=CC1N1CCC(NS(C)(=O)=O)C(COC2CCC(c3ccc4ncn(C)c4c3)CC2)C1. The Morgan fingerprint density at radius 3 is 2.67 bits per heavy atom. The van der Waals surface area contributed by atoms with E-state index in [2.05, 4.69) is 67.7 Å². The Bertz CT molecular complexity index is 1220. The van der Waals surface area contributed by atoms with E-state index in [4.69, 9.17) is 4.74 Å². The summed E-state index contributed by atoms with van der Waals surface area (Å²) in [6, 6.07) is 6.56. The number of rotatable bonds is 7. The number of aromatic nitrogens is 2. The van der Waals surface area contributed by atoms with Gasteiger partial charge in [-0.25, -0.2) is 18.1 Å². The minimum Gasteiger partial charge on any atom is -0.378 e. The van der Waals surface area contributed by atoms with Gasteiger partial charge in [0.1, 0.15) is 6.17 Å². The van der Waals surface area contributed by atoms with Gasteiger partial charge in [0.2, 0.25) is 10.0 Å². The first kappa shape index (κ1) is 25.4. The van der Waals surface area contributed by atoms with Crippen LogP contribution in [-0.4, -0.2) is 79.1 Å². The van der Waals surface area contributed by atoms with Crippen LogP contribution in [0.1, 0.15) is 43.6 Å². The molecule has 0 radical (unpaired) electrons. The van der Waals surface area contributed by atoms with Crippen molar-refractivity contribution in [3.05, 3.63) is 54.5 Å². The number of allylic oxidation sites excluding steroid dienone is 2. The zero-order valence-corrected chi connectivity index (χ0v) is 22.4. The molecule has 0 amide bonds. The van der Waals surface area contributed by atoms with Crippen LogP contribution in [0.2, 0.25) is 0 Å². The molecule has 8 nitrogen and oxygen atoms in total. The minimum atomic E-state index is -3.27. The van der Waals surface area contributed by atoms with E-state index in [1.165, 1.54) is 17.3 Å². The zero-order valence-electron chi connectivity index (χ0n) is 21.6. The molecule has 1 saturated carbocycles. The van der Waals surface area contributed by atoms with Crippen LogP contribution in [0, 0.1) is 5.92 Å². The van der Waals surface area contributed by atoms with Crippen LogP contribution in [0.25, 0.3) is 11.0 Å². The summed E-state index contributed by atoms with van der Waals surface area (Å²) in [6.45, 7) is 2.24. The molecule has 3 aliphatic rings. The van der Waals surface area contributed by atoms with Crippen molar-refractivity contribution in [1.82, 2.24) is 24.1 Å². The smallest absolute Gasteiger partial charge is 0.208 e. The molecule has 0 bridgehead atoms. The second-order valence-corrected chi connectivity index (χ2v) is 12.5. The molecule has 1 saturated heterocycles. The Kier molecular flexibility index (Phi) is 7.53. The molecule has 3 heterocycles. The molecule has 2 aliphatic heterocycles. The number of ether oxygens (including phenoxy) is 1. The molecule has 9 heteroatoms. The maximum atomic E-state index is 12.0. The van der Waals surface area contributed by atoms with Crippen molar-refractivity contribution in [2.75, 3.05) is 33.0 Å². The van der Waals surface area contributed by atoms with E-state index in [9.17, 15) is 8.42 Å². The Labute approximate surface area is 215 Å². The van der Waals surface area contributed by atoms with Crippen LogP contribution in [0.3, 0.4) is 0 Å². The van der Waals surface area contributed by atoms with Crippen LogP contribution in [-0.2, 0) is 21.8 Å². The summed E-state index contributed by atoms with van der Waals surface area (Å²) in [7, 11) is 0.857. The first-order chi connectivity index (χ1) is 17.3. The Morgan fingerprint density at radius 1 is 1.11 bits per heavy atom. The Morgan fingerprint density at radius 2 is 1.92 bits per heavy atom. The second-order valence-electron chi connectivity index (χ2n) is 10.8. The van der Waals surface area contributed by atoms with Gasteiger partial charge in [-0.15, -0.1) is 0 Å². The standard InChI is InChI=1S/C27H39N5O3S/c1-30-14-5-4-6-27(30)32-15-13-24(29-36(3,33)34)22(17-32)18-35-23-10-7-20(8-11-23)21-9-12-25-26(16-21)31(2)19-28-25/h4-6,9,12,14,16,19-20,22-24,27,29H,7-8,10-11,13,15,17-18H2,1-3H3. The van der Waals surface area contributed by atoms with Gasteiger partial charge in [-0.05, 0) is 67.9 Å². The summed E-state index contributed by atoms with van der Waals surface area (Å²) in [5, 5.41) is 0. The molecule has 196 valence electrons. The Balaban J connectivity index is 1.18. The minimum absolute atomic E-state index is 0.0911. The molecule has 1 aliphatic carbocycles. The molecular formula is C27H39N5O3S.